The third-order valence-corrected chi connectivity index (χ3v) is 5.21. The van der Waals surface area contributed by atoms with Gasteiger partial charge in [0.1, 0.15) is 24.2 Å². The Kier molecular flexibility index (Phi) is 7.32. The topological polar surface area (TPSA) is 106 Å². The Morgan fingerprint density at radius 1 is 1.00 bits per heavy atom. The highest BCUT2D eigenvalue weighted by Gasteiger charge is 2.35. The molecular weight excluding hydrogens is 480 g/mol. The fourth-order valence-electron chi connectivity index (χ4n) is 3.69. The lowest BCUT2D eigenvalue weighted by Gasteiger charge is -2.33. The maximum absolute atomic E-state index is 14.3. The number of pyridine rings is 1. The highest BCUT2D eigenvalue weighted by Crippen LogP contribution is 2.29. The summed E-state index contributed by atoms with van der Waals surface area (Å²) in [6, 6.07) is 13.0. The molecule has 1 N–H and O–H groups in total. The Labute approximate surface area is 212 Å². The van der Waals surface area contributed by atoms with Gasteiger partial charge in [-0.05, 0) is 86.1 Å². The van der Waals surface area contributed by atoms with Gasteiger partial charge < -0.3 is 5.32 Å². The summed E-state index contributed by atoms with van der Waals surface area (Å²) in [5.74, 6) is -1.83. The van der Waals surface area contributed by atoms with Crippen molar-refractivity contribution in [1.82, 2.24) is 30.5 Å². The molecule has 11 heteroatoms. The SMILES string of the molecule is CC(C)(C)NC(=O)[C@H](c1ccncc1)N(C(=O)Cn1nnc(-c2ccc(F)cc2)n1)c1cccc(F)c1. The molecule has 0 aliphatic heterocycles. The van der Waals surface area contributed by atoms with Crippen molar-refractivity contribution in [3.8, 4) is 11.4 Å². The molecule has 190 valence electrons. The van der Waals surface area contributed by atoms with E-state index in [1.807, 2.05) is 20.8 Å². The van der Waals surface area contributed by atoms with E-state index in [1.54, 1.807) is 12.1 Å². The number of tetrazole rings is 1. The zero-order valence-corrected chi connectivity index (χ0v) is 20.5. The van der Waals surface area contributed by atoms with E-state index in [0.29, 0.717) is 11.1 Å². The van der Waals surface area contributed by atoms with Gasteiger partial charge in [-0.15, -0.1) is 10.2 Å². The third kappa shape index (κ3) is 6.37. The predicted molar refractivity (Wildman–Crippen MR) is 132 cm³/mol. The Bertz CT molecular complexity index is 1390. The van der Waals surface area contributed by atoms with E-state index in [-0.39, 0.29) is 11.5 Å². The second kappa shape index (κ2) is 10.6. The number of hydrogen-bond donors (Lipinski definition) is 1. The van der Waals surface area contributed by atoms with Crippen LogP contribution < -0.4 is 10.2 Å². The van der Waals surface area contributed by atoms with Crippen molar-refractivity contribution in [1.29, 1.82) is 0 Å². The van der Waals surface area contributed by atoms with E-state index in [9.17, 15) is 18.4 Å². The van der Waals surface area contributed by atoms with Crippen LogP contribution in [0.1, 0.15) is 32.4 Å². The monoisotopic (exact) mass is 505 g/mol. The Morgan fingerprint density at radius 3 is 2.35 bits per heavy atom. The summed E-state index contributed by atoms with van der Waals surface area (Å²) < 4.78 is 27.5. The number of aromatic nitrogens is 5. The summed E-state index contributed by atoms with van der Waals surface area (Å²) in [7, 11) is 0. The van der Waals surface area contributed by atoms with Gasteiger partial charge in [0.25, 0.3) is 5.91 Å². The molecule has 4 rings (SSSR count). The van der Waals surface area contributed by atoms with Crippen LogP contribution in [0.25, 0.3) is 11.4 Å². The quantitative estimate of drug-likeness (QED) is 0.411. The van der Waals surface area contributed by atoms with E-state index in [1.165, 1.54) is 65.8 Å². The number of amides is 2. The first-order valence-corrected chi connectivity index (χ1v) is 11.4. The van der Waals surface area contributed by atoms with Crippen LogP contribution in [0.4, 0.5) is 14.5 Å². The zero-order chi connectivity index (χ0) is 26.6. The Balaban J connectivity index is 1.72. The molecule has 0 aliphatic carbocycles. The molecule has 0 aliphatic rings. The van der Waals surface area contributed by atoms with Crippen molar-refractivity contribution < 1.29 is 18.4 Å². The van der Waals surface area contributed by atoms with E-state index >= 15 is 0 Å². The molecule has 2 amide bonds. The van der Waals surface area contributed by atoms with E-state index in [2.05, 4.69) is 25.7 Å². The average Bonchev–Trinajstić information content (AvgIpc) is 3.30. The lowest BCUT2D eigenvalue weighted by Crippen LogP contribution is -2.50. The molecule has 2 heterocycles. The van der Waals surface area contributed by atoms with Gasteiger partial charge in [0.05, 0.1) is 0 Å². The number of hydrogen-bond acceptors (Lipinski definition) is 6. The average molecular weight is 506 g/mol. The fourth-order valence-corrected chi connectivity index (χ4v) is 3.69. The molecule has 0 radical (unpaired) electrons. The van der Waals surface area contributed by atoms with Crippen molar-refractivity contribution >= 4 is 17.5 Å². The second-order valence-electron chi connectivity index (χ2n) is 9.32. The van der Waals surface area contributed by atoms with Crippen molar-refractivity contribution in [3.63, 3.8) is 0 Å². The van der Waals surface area contributed by atoms with Crippen LogP contribution in [0.3, 0.4) is 0 Å². The summed E-state index contributed by atoms with van der Waals surface area (Å²) in [5, 5.41) is 15.0. The minimum absolute atomic E-state index is 0.176. The van der Waals surface area contributed by atoms with Crippen molar-refractivity contribution in [2.45, 2.75) is 38.9 Å². The summed E-state index contributed by atoms with van der Waals surface area (Å²) in [6.07, 6.45) is 3.02. The number of benzene rings is 2. The maximum Gasteiger partial charge on any atom is 0.251 e. The molecule has 0 bridgehead atoms. The molecule has 9 nitrogen and oxygen atoms in total. The van der Waals surface area contributed by atoms with Crippen LogP contribution in [-0.2, 0) is 16.1 Å². The molecule has 2 aromatic heterocycles. The number of carbonyl (C=O) groups is 2. The highest BCUT2D eigenvalue weighted by atomic mass is 19.1. The van der Waals surface area contributed by atoms with Gasteiger partial charge in [-0.3, -0.25) is 19.5 Å². The number of halogens is 2. The first-order chi connectivity index (χ1) is 17.6. The number of carbonyl (C=O) groups excluding carboxylic acids is 2. The lowest BCUT2D eigenvalue weighted by molar-refractivity contribution is -0.128. The molecule has 37 heavy (non-hydrogen) atoms. The van der Waals surface area contributed by atoms with Crippen LogP contribution in [0.2, 0.25) is 0 Å². The summed E-state index contributed by atoms with van der Waals surface area (Å²) in [5.41, 5.74) is 0.570. The fraction of sp³-hybridized carbons (Fsp3) is 0.231. The van der Waals surface area contributed by atoms with Gasteiger partial charge in [0, 0.05) is 29.2 Å². The van der Waals surface area contributed by atoms with Crippen molar-refractivity contribution in [2.24, 2.45) is 0 Å². The van der Waals surface area contributed by atoms with Crippen LogP contribution in [0, 0.1) is 11.6 Å². The van der Waals surface area contributed by atoms with Gasteiger partial charge in [0.2, 0.25) is 11.7 Å². The zero-order valence-electron chi connectivity index (χ0n) is 20.5. The molecule has 0 saturated carbocycles. The smallest absolute Gasteiger partial charge is 0.251 e. The maximum atomic E-state index is 14.3. The van der Waals surface area contributed by atoms with Crippen LogP contribution in [-0.4, -0.2) is 42.5 Å². The first-order valence-electron chi connectivity index (χ1n) is 11.4. The van der Waals surface area contributed by atoms with Gasteiger partial charge in [-0.2, -0.15) is 4.80 Å². The number of nitrogens with one attached hydrogen (secondary N) is 1. The number of anilines is 1. The summed E-state index contributed by atoms with van der Waals surface area (Å²) in [6.45, 7) is 5.06. The second-order valence-corrected chi connectivity index (χ2v) is 9.32. The van der Waals surface area contributed by atoms with E-state index in [0.717, 1.165) is 4.80 Å². The van der Waals surface area contributed by atoms with Crippen LogP contribution in [0.15, 0.2) is 73.1 Å². The van der Waals surface area contributed by atoms with Gasteiger partial charge >= 0.3 is 0 Å². The summed E-state index contributed by atoms with van der Waals surface area (Å²) >= 11 is 0. The largest absolute Gasteiger partial charge is 0.349 e. The molecular formula is C26H25F2N7O2. The molecule has 1 atom stereocenters. The molecule has 4 aromatic rings. The standard InChI is InChI=1S/C26H25F2N7O2/c1-26(2,3)30-25(37)23(17-11-13-29-14-12-17)35(21-6-4-5-20(28)15-21)22(36)16-34-32-24(31-33-34)18-7-9-19(27)10-8-18/h4-15,23H,16H2,1-3H3,(H,30,37)/t23-/m0/s1. The molecule has 0 spiro atoms. The predicted octanol–water partition coefficient (Wildman–Crippen LogP) is 3.70. The van der Waals surface area contributed by atoms with E-state index in [4.69, 9.17) is 0 Å². The van der Waals surface area contributed by atoms with Gasteiger partial charge in [-0.1, -0.05) is 6.07 Å². The van der Waals surface area contributed by atoms with Crippen molar-refractivity contribution in [2.75, 3.05) is 4.90 Å². The molecule has 2 aromatic carbocycles. The first kappa shape index (κ1) is 25.5. The van der Waals surface area contributed by atoms with Crippen LogP contribution >= 0.6 is 0 Å². The van der Waals surface area contributed by atoms with Crippen LogP contribution in [0.5, 0.6) is 0 Å². The normalized spacial score (nSPS) is 12.1. The Morgan fingerprint density at radius 2 is 1.70 bits per heavy atom. The summed E-state index contributed by atoms with van der Waals surface area (Å²) in [4.78, 5) is 33.5. The van der Waals surface area contributed by atoms with Gasteiger partial charge in [-0.25, -0.2) is 8.78 Å². The minimum atomic E-state index is -1.14. The third-order valence-electron chi connectivity index (χ3n) is 5.21. The number of nitrogens with zero attached hydrogens (tertiary/aromatic N) is 6. The van der Waals surface area contributed by atoms with E-state index < -0.39 is 41.6 Å². The lowest BCUT2D eigenvalue weighted by atomic mass is 10.0. The minimum Gasteiger partial charge on any atom is -0.349 e. The van der Waals surface area contributed by atoms with Gasteiger partial charge in [0.15, 0.2) is 0 Å². The highest BCUT2D eigenvalue weighted by molar-refractivity contribution is 6.01. The number of rotatable bonds is 7. The Hall–Kier alpha value is -4.54. The van der Waals surface area contributed by atoms with Crippen molar-refractivity contribution in [3.05, 3.63) is 90.3 Å². The molecule has 0 unspecified atom stereocenters. The molecule has 0 fully saturated rings. The molecule has 0 saturated heterocycles.